The van der Waals surface area contributed by atoms with E-state index in [4.69, 9.17) is 55.9 Å². The summed E-state index contributed by atoms with van der Waals surface area (Å²) in [6, 6.07) is 13.6. The predicted molar refractivity (Wildman–Crippen MR) is 149 cm³/mol. The van der Waals surface area contributed by atoms with Gasteiger partial charge in [0.05, 0.1) is 18.2 Å². The Hall–Kier alpha value is -2.22. The third kappa shape index (κ3) is 11.8. The van der Waals surface area contributed by atoms with Crippen LogP contribution < -0.4 is 10.1 Å². The number of esters is 1. The van der Waals surface area contributed by atoms with Crippen LogP contribution in [0.2, 0.25) is 5.02 Å². The SMILES string of the molecule is COc1ccc(C[C@@H](NC(=O)C=CC[C@H](O)[C@H](C)C=Cc2ccccc2)C(=O)OCC(Cl)(Cl)Cl)cc1Cl. The zero-order valence-corrected chi connectivity index (χ0v) is 23.4. The number of hydrogen-bond donors (Lipinski definition) is 2. The maximum absolute atomic E-state index is 12.7. The van der Waals surface area contributed by atoms with Crippen LogP contribution in [0.4, 0.5) is 0 Å². The maximum atomic E-state index is 12.7. The molecule has 2 rings (SSSR count). The lowest BCUT2D eigenvalue weighted by molar-refractivity contribution is -0.147. The number of amides is 1. The highest BCUT2D eigenvalue weighted by Gasteiger charge is 2.27. The number of ether oxygens (including phenoxy) is 2. The van der Waals surface area contributed by atoms with Crippen molar-refractivity contribution in [1.82, 2.24) is 5.32 Å². The molecular weight excluding hydrogens is 560 g/mol. The van der Waals surface area contributed by atoms with E-state index in [1.54, 1.807) is 24.3 Å². The van der Waals surface area contributed by atoms with Crippen molar-refractivity contribution in [2.24, 2.45) is 5.92 Å². The Bertz CT molecular complexity index is 1090. The van der Waals surface area contributed by atoms with Gasteiger partial charge in [-0.05, 0) is 35.8 Å². The molecule has 0 aliphatic carbocycles. The molecule has 0 radical (unpaired) electrons. The minimum absolute atomic E-state index is 0.0753. The lowest BCUT2D eigenvalue weighted by Gasteiger charge is -2.19. The molecule has 2 aromatic rings. The van der Waals surface area contributed by atoms with Crippen molar-refractivity contribution in [3.05, 3.63) is 82.9 Å². The van der Waals surface area contributed by atoms with Crippen LogP contribution in [0.3, 0.4) is 0 Å². The quantitative estimate of drug-likeness (QED) is 0.182. The molecular formula is C27H29Cl4NO5. The average Bonchev–Trinajstić information content (AvgIpc) is 2.85. The molecule has 0 fully saturated rings. The fraction of sp³-hybridized carbons (Fsp3) is 0.333. The molecule has 0 aromatic heterocycles. The van der Waals surface area contributed by atoms with Crippen molar-refractivity contribution in [3.63, 3.8) is 0 Å². The van der Waals surface area contributed by atoms with E-state index in [9.17, 15) is 14.7 Å². The number of halogens is 4. The Labute approximate surface area is 237 Å². The number of benzene rings is 2. The third-order valence-electron chi connectivity index (χ3n) is 5.28. The van der Waals surface area contributed by atoms with E-state index in [0.29, 0.717) is 16.3 Å². The molecule has 10 heteroatoms. The third-order valence-corrected chi connectivity index (χ3v) is 5.90. The highest BCUT2D eigenvalue weighted by atomic mass is 35.6. The highest BCUT2D eigenvalue weighted by Crippen LogP contribution is 2.27. The van der Waals surface area contributed by atoms with Crippen LogP contribution >= 0.6 is 46.4 Å². The van der Waals surface area contributed by atoms with Gasteiger partial charge in [0.1, 0.15) is 18.4 Å². The minimum atomic E-state index is -1.80. The number of aliphatic hydroxyl groups excluding tert-OH is 1. The lowest BCUT2D eigenvalue weighted by atomic mass is 10.00. The van der Waals surface area contributed by atoms with E-state index in [-0.39, 0.29) is 18.8 Å². The van der Waals surface area contributed by atoms with Gasteiger partial charge in [0.25, 0.3) is 0 Å². The summed E-state index contributed by atoms with van der Waals surface area (Å²) in [4.78, 5) is 25.2. The number of hydrogen-bond acceptors (Lipinski definition) is 5. The van der Waals surface area contributed by atoms with Crippen LogP contribution in [0.5, 0.6) is 5.75 Å². The van der Waals surface area contributed by atoms with Crippen LogP contribution in [0.25, 0.3) is 6.08 Å². The number of alkyl halides is 3. The van der Waals surface area contributed by atoms with E-state index in [1.165, 1.54) is 13.2 Å². The molecule has 2 N–H and O–H groups in total. The van der Waals surface area contributed by atoms with Gasteiger partial charge in [0, 0.05) is 12.3 Å². The van der Waals surface area contributed by atoms with Crippen LogP contribution in [-0.2, 0) is 20.7 Å². The maximum Gasteiger partial charge on any atom is 0.329 e. The summed E-state index contributed by atoms with van der Waals surface area (Å²) in [7, 11) is 1.49. The monoisotopic (exact) mass is 587 g/mol. The summed E-state index contributed by atoms with van der Waals surface area (Å²) < 4.78 is 8.42. The van der Waals surface area contributed by atoms with Gasteiger partial charge >= 0.3 is 5.97 Å². The number of nitrogens with one attached hydrogen (secondary N) is 1. The first-order valence-corrected chi connectivity index (χ1v) is 12.9. The van der Waals surface area contributed by atoms with Crippen molar-refractivity contribution in [2.75, 3.05) is 13.7 Å². The summed E-state index contributed by atoms with van der Waals surface area (Å²) >= 11 is 23.2. The molecule has 37 heavy (non-hydrogen) atoms. The van der Waals surface area contributed by atoms with Crippen molar-refractivity contribution >= 4 is 64.4 Å². The average molecular weight is 589 g/mol. The molecule has 6 nitrogen and oxygen atoms in total. The van der Waals surface area contributed by atoms with E-state index in [2.05, 4.69) is 5.32 Å². The first-order valence-electron chi connectivity index (χ1n) is 11.4. The number of carbonyl (C=O) groups is 2. The number of methoxy groups -OCH3 is 1. The number of carbonyl (C=O) groups excluding carboxylic acids is 2. The number of aliphatic hydroxyl groups is 1. The first kappa shape index (κ1) is 31.0. The Morgan fingerprint density at radius 3 is 2.46 bits per heavy atom. The molecule has 200 valence electrons. The Balaban J connectivity index is 2.00. The van der Waals surface area contributed by atoms with Crippen molar-refractivity contribution in [3.8, 4) is 5.75 Å². The minimum Gasteiger partial charge on any atom is -0.495 e. The second-order valence-electron chi connectivity index (χ2n) is 8.29. The second-order valence-corrected chi connectivity index (χ2v) is 11.2. The van der Waals surface area contributed by atoms with E-state index < -0.39 is 34.4 Å². The molecule has 0 bridgehead atoms. The molecule has 0 heterocycles. The Morgan fingerprint density at radius 1 is 1.14 bits per heavy atom. The summed E-state index contributed by atoms with van der Waals surface area (Å²) in [5.74, 6) is -0.994. The topological polar surface area (TPSA) is 84.9 Å². The fourth-order valence-corrected chi connectivity index (χ4v) is 3.67. The standard InChI is InChI=1S/C27H29Cl4NO5/c1-18(11-12-19-7-4-3-5-8-19)23(33)9-6-10-25(34)32-22(26(35)37-17-27(29,30)31)16-20-13-14-24(36-2)21(28)15-20/h3-8,10-15,18,22-23,33H,9,16-17H2,1-2H3,(H,32,34)/t18-,22-,23+/m1/s1. The summed E-state index contributed by atoms with van der Waals surface area (Å²) in [5.41, 5.74) is 1.68. The van der Waals surface area contributed by atoms with Crippen molar-refractivity contribution < 1.29 is 24.2 Å². The molecule has 1 amide bonds. The summed E-state index contributed by atoms with van der Waals surface area (Å²) in [6.45, 7) is 1.40. The van der Waals surface area contributed by atoms with Gasteiger partial charge in [0.2, 0.25) is 9.70 Å². The van der Waals surface area contributed by atoms with Crippen LogP contribution in [0, 0.1) is 5.92 Å². The summed E-state index contributed by atoms with van der Waals surface area (Å²) in [5, 5.41) is 13.4. The van der Waals surface area contributed by atoms with Gasteiger partial charge in [-0.2, -0.15) is 0 Å². The zero-order valence-electron chi connectivity index (χ0n) is 20.4. The molecule has 0 aliphatic heterocycles. The number of rotatable bonds is 12. The van der Waals surface area contributed by atoms with E-state index in [0.717, 1.165) is 5.56 Å². The second kappa shape index (κ2) is 15.3. The largest absolute Gasteiger partial charge is 0.495 e. The van der Waals surface area contributed by atoms with E-state index in [1.807, 2.05) is 49.4 Å². The molecule has 0 saturated heterocycles. The van der Waals surface area contributed by atoms with E-state index >= 15 is 0 Å². The van der Waals surface area contributed by atoms with Crippen molar-refractivity contribution in [1.29, 1.82) is 0 Å². The fourth-order valence-electron chi connectivity index (χ4n) is 3.22. The Kier molecular flexibility index (Phi) is 12.8. The van der Waals surface area contributed by atoms with Crippen LogP contribution in [0.15, 0.2) is 66.8 Å². The zero-order chi connectivity index (χ0) is 27.4. The molecule has 2 aromatic carbocycles. The molecule has 0 unspecified atom stereocenters. The van der Waals surface area contributed by atoms with Crippen molar-refractivity contribution in [2.45, 2.75) is 35.7 Å². The normalized spacial score (nSPS) is 14.4. The predicted octanol–water partition coefficient (Wildman–Crippen LogP) is 5.95. The molecule has 0 spiro atoms. The lowest BCUT2D eigenvalue weighted by Crippen LogP contribution is -2.43. The van der Waals surface area contributed by atoms with Gasteiger partial charge in [-0.25, -0.2) is 4.79 Å². The summed E-state index contributed by atoms with van der Waals surface area (Å²) in [6.07, 6.45) is 6.26. The van der Waals surface area contributed by atoms with Gasteiger partial charge in [-0.3, -0.25) is 4.79 Å². The van der Waals surface area contributed by atoms with Crippen LogP contribution in [-0.4, -0.2) is 46.6 Å². The first-order chi connectivity index (χ1) is 17.5. The smallest absolute Gasteiger partial charge is 0.329 e. The van der Waals surface area contributed by atoms with Gasteiger partial charge in [0.15, 0.2) is 0 Å². The van der Waals surface area contributed by atoms with Crippen LogP contribution in [0.1, 0.15) is 24.5 Å². The van der Waals surface area contributed by atoms with Gasteiger partial charge < -0.3 is 19.9 Å². The van der Waals surface area contributed by atoms with Gasteiger partial charge in [-0.15, -0.1) is 0 Å². The highest BCUT2D eigenvalue weighted by molar-refractivity contribution is 6.67. The molecule has 3 atom stereocenters. The molecule has 0 aliphatic rings. The Morgan fingerprint density at radius 2 is 1.84 bits per heavy atom. The molecule has 0 saturated carbocycles. The van der Waals surface area contributed by atoms with Gasteiger partial charge in [-0.1, -0.05) is 108 Å².